The molecule has 2 nitrogen and oxygen atoms in total. The quantitative estimate of drug-likeness (QED) is 0.527. The Morgan fingerprint density at radius 2 is 2.33 bits per heavy atom. The topological polar surface area (TPSA) is 35.2 Å². The SMILES string of the molecule is CC1(C)OC=CCC1N. The Bertz CT molecular complexity index is 129. The number of hydrogen-bond donors (Lipinski definition) is 1. The van der Waals surface area contributed by atoms with E-state index in [1.54, 1.807) is 6.26 Å². The number of hydrogen-bond acceptors (Lipinski definition) is 2. The molecule has 1 unspecified atom stereocenters. The summed E-state index contributed by atoms with van der Waals surface area (Å²) in [5.41, 5.74) is 5.56. The van der Waals surface area contributed by atoms with Gasteiger partial charge in [-0.05, 0) is 26.3 Å². The van der Waals surface area contributed by atoms with Gasteiger partial charge in [-0.25, -0.2) is 0 Å². The van der Waals surface area contributed by atoms with Crippen LogP contribution in [-0.4, -0.2) is 11.6 Å². The summed E-state index contributed by atoms with van der Waals surface area (Å²) in [6, 6.07) is 0.141. The highest BCUT2D eigenvalue weighted by atomic mass is 16.5. The molecule has 0 saturated heterocycles. The maximum Gasteiger partial charge on any atom is 0.118 e. The van der Waals surface area contributed by atoms with Crippen molar-refractivity contribution in [2.45, 2.75) is 31.9 Å². The van der Waals surface area contributed by atoms with E-state index in [9.17, 15) is 0 Å². The molecule has 2 heteroatoms. The first-order chi connectivity index (χ1) is 4.13. The van der Waals surface area contributed by atoms with E-state index in [-0.39, 0.29) is 11.6 Å². The molecule has 1 aliphatic rings. The molecule has 1 atom stereocenters. The molecule has 52 valence electrons. The fourth-order valence-corrected chi connectivity index (χ4v) is 0.797. The van der Waals surface area contributed by atoms with Gasteiger partial charge < -0.3 is 10.5 Å². The van der Waals surface area contributed by atoms with E-state index in [0.29, 0.717) is 0 Å². The third-order valence-electron chi connectivity index (χ3n) is 1.75. The molecular formula is C7H13NO. The van der Waals surface area contributed by atoms with Crippen molar-refractivity contribution in [1.82, 2.24) is 0 Å². The number of ether oxygens (including phenoxy) is 1. The molecule has 0 aromatic heterocycles. The average Bonchev–Trinajstić information content (AvgIpc) is 1.77. The molecule has 0 aromatic carbocycles. The van der Waals surface area contributed by atoms with Crippen molar-refractivity contribution in [3.8, 4) is 0 Å². The third kappa shape index (κ3) is 1.24. The van der Waals surface area contributed by atoms with E-state index < -0.39 is 0 Å². The lowest BCUT2D eigenvalue weighted by Crippen LogP contribution is -2.45. The molecule has 0 fully saturated rings. The lowest BCUT2D eigenvalue weighted by molar-refractivity contribution is 0.0221. The average molecular weight is 127 g/mol. The largest absolute Gasteiger partial charge is 0.494 e. The smallest absolute Gasteiger partial charge is 0.118 e. The molecule has 0 bridgehead atoms. The predicted molar refractivity (Wildman–Crippen MR) is 36.9 cm³/mol. The molecule has 9 heavy (non-hydrogen) atoms. The van der Waals surface area contributed by atoms with Gasteiger partial charge in [-0.3, -0.25) is 0 Å². The standard InChI is InChI=1S/C7H13NO/c1-7(2)6(8)4-3-5-9-7/h3,5-6H,4,8H2,1-2H3. The zero-order valence-electron chi connectivity index (χ0n) is 5.92. The van der Waals surface area contributed by atoms with E-state index >= 15 is 0 Å². The Kier molecular flexibility index (Phi) is 1.49. The summed E-state index contributed by atoms with van der Waals surface area (Å²) >= 11 is 0. The van der Waals surface area contributed by atoms with Gasteiger partial charge in [0.2, 0.25) is 0 Å². The second-order valence-corrected chi connectivity index (χ2v) is 2.94. The normalized spacial score (nSPS) is 31.7. The van der Waals surface area contributed by atoms with Gasteiger partial charge in [-0.2, -0.15) is 0 Å². The van der Waals surface area contributed by atoms with Crippen molar-refractivity contribution < 1.29 is 4.74 Å². The van der Waals surface area contributed by atoms with Crippen LogP contribution in [0.25, 0.3) is 0 Å². The van der Waals surface area contributed by atoms with Crippen molar-refractivity contribution in [2.75, 3.05) is 0 Å². The van der Waals surface area contributed by atoms with Crippen molar-refractivity contribution in [1.29, 1.82) is 0 Å². The minimum absolute atomic E-state index is 0.141. The monoisotopic (exact) mass is 127 g/mol. The van der Waals surface area contributed by atoms with Crippen LogP contribution in [0.3, 0.4) is 0 Å². The summed E-state index contributed by atoms with van der Waals surface area (Å²) in [6.07, 6.45) is 4.60. The van der Waals surface area contributed by atoms with Crippen LogP contribution in [0.2, 0.25) is 0 Å². The molecule has 0 saturated carbocycles. The first-order valence-electron chi connectivity index (χ1n) is 3.21. The summed E-state index contributed by atoms with van der Waals surface area (Å²) in [5.74, 6) is 0. The first kappa shape index (κ1) is 6.62. The van der Waals surface area contributed by atoms with E-state index in [0.717, 1.165) is 6.42 Å². The minimum Gasteiger partial charge on any atom is -0.494 e. The fourth-order valence-electron chi connectivity index (χ4n) is 0.797. The van der Waals surface area contributed by atoms with Crippen LogP contribution in [0.5, 0.6) is 0 Å². The lowest BCUT2D eigenvalue weighted by Gasteiger charge is -2.33. The van der Waals surface area contributed by atoms with Crippen molar-refractivity contribution in [3.63, 3.8) is 0 Å². The van der Waals surface area contributed by atoms with Crippen molar-refractivity contribution in [3.05, 3.63) is 12.3 Å². The molecule has 0 radical (unpaired) electrons. The van der Waals surface area contributed by atoms with Gasteiger partial charge in [0.15, 0.2) is 0 Å². The van der Waals surface area contributed by atoms with Gasteiger partial charge >= 0.3 is 0 Å². The Morgan fingerprint density at radius 3 is 2.67 bits per heavy atom. The van der Waals surface area contributed by atoms with Gasteiger partial charge in [-0.1, -0.05) is 0 Å². The molecule has 1 heterocycles. The van der Waals surface area contributed by atoms with E-state index in [2.05, 4.69) is 0 Å². The van der Waals surface area contributed by atoms with Crippen molar-refractivity contribution in [2.24, 2.45) is 5.73 Å². The fraction of sp³-hybridized carbons (Fsp3) is 0.714. The highest BCUT2D eigenvalue weighted by Gasteiger charge is 2.28. The van der Waals surface area contributed by atoms with Gasteiger partial charge in [0.25, 0.3) is 0 Å². The summed E-state index contributed by atoms with van der Waals surface area (Å²) < 4.78 is 5.27. The van der Waals surface area contributed by atoms with E-state index in [4.69, 9.17) is 10.5 Å². The van der Waals surface area contributed by atoms with Gasteiger partial charge in [0.1, 0.15) is 5.60 Å². The Labute approximate surface area is 55.7 Å². The van der Waals surface area contributed by atoms with Crippen LogP contribution >= 0.6 is 0 Å². The van der Waals surface area contributed by atoms with Crippen molar-refractivity contribution >= 4 is 0 Å². The Morgan fingerprint density at radius 1 is 1.67 bits per heavy atom. The zero-order valence-corrected chi connectivity index (χ0v) is 5.92. The summed E-state index contributed by atoms with van der Waals surface area (Å²) in [4.78, 5) is 0. The molecule has 0 aromatic rings. The van der Waals surface area contributed by atoms with Crippen LogP contribution in [-0.2, 0) is 4.74 Å². The van der Waals surface area contributed by atoms with Crippen LogP contribution in [0, 0.1) is 0 Å². The number of nitrogens with two attached hydrogens (primary N) is 1. The minimum atomic E-state index is -0.172. The van der Waals surface area contributed by atoms with Gasteiger partial charge in [-0.15, -0.1) is 0 Å². The maximum atomic E-state index is 5.74. The van der Waals surface area contributed by atoms with E-state index in [1.807, 2.05) is 19.9 Å². The Balaban J connectivity index is 2.64. The van der Waals surface area contributed by atoms with Crippen LogP contribution in [0.4, 0.5) is 0 Å². The molecule has 0 amide bonds. The van der Waals surface area contributed by atoms with Crippen LogP contribution in [0.15, 0.2) is 12.3 Å². The highest BCUT2D eigenvalue weighted by molar-refractivity contribution is 4.96. The summed E-state index contributed by atoms with van der Waals surface area (Å²) in [5, 5.41) is 0. The molecule has 2 N–H and O–H groups in total. The van der Waals surface area contributed by atoms with Crippen LogP contribution in [0.1, 0.15) is 20.3 Å². The third-order valence-corrected chi connectivity index (χ3v) is 1.75. The second kappa shape index (κ2) is 2.03. The predicted octanol–water partition coefficient (Wildman–Crippen LogP) is 1.03. The molecule has 1 rings (SSSR count). The zero-order chi connectivity index (χ0) is 6.91. The Hall–Kier alpha value is -0.500. The van der Waals surface area contributed by atoms with Gasteiger partial charge in [0, 0.05) is 6.04 Å². The van der Waals surface area contributed by atoms with Gasteiger partial charge in [0.05, 0.1) is 6.26 Å². The molecular weight excluding hydrogens is 114 g/mol. The molecule has 1 aliphatic heterocycles. The first-order valence-corrected chi connectivity index (χ1v) is 3.21. The molecule has 0 aliphatic carbocycles. The maximum absolute atomic E-state index is 5.74. The van der Waals surface area contributed by atoms with E-state index in [1.165, 1.54) is 0 Å². The second-order valence-electron chi connectivity index (χ2n) is 2.94. The number of rotatable bonds is 0. The highest BCUT2D eigenvalue weighted by Crippen LogP contribution is 2.20. The summed E-state index contributed by atoms with van der Waals surface area (Å²) in [6.45, 7) is 4.00. The summed E-state index contributed by atoms with van der Waals surface area (Å²) in [7, 11) is 0. The van der Waals surface area contributed by atoms with Crippen LogP contribution < -0.4 is 5.73 Å². The lowest BCUT2D eigenvalue weighted by atomic mass is 9.95. The molecule has 0 spiro atoms.